The Morgan fingerprint density at radius 2 is 2.00 bits per heavy atom. The monoisotopic (exact) mass is 160 g/mol. The molecule has 0 saturated carbocycles. The Labute approximate surface area is 75.6 Å². The van der Waals surface area contributed by atoms with Crippen molar-refractivity contribution in [2.45, 2.75) is 27.2 Å². The maximum Gasteiger partial charge on any atom is 0.0337 e. The van der Waals surface area contributed by atoms with Crippen molar-refractivity contribution < 1.29 is 0 Å². The lowest BCUT2D eigenvalue weighted by molar-refractivity contribution is 1.29. The molecule has 0 N–H and O–H groups in total. The van der Waals surface area contributed by atoms with Gasteiger partial charge >= 0.3 is 0 Å². The zero-order valence-corrected chi connectivity index (χ0v) is 8.09. The van der Waals surface area contributed by atoms with E-state index < -0.39 is 0 Å². The fourth-order valence-corrected chi connectivity index (χ4v) is 0.940. The highest BCUT2D eigenvalue weighted by atomic mass is 13.9. The average molecular weight is 160 g/mol. The van der Waals surface area contributed by atoms with Crippen molar-refractivity contribution in [1.82, 2.24) is 0 Å². The van der Waals surface area contributed by atoms with Gasteiger partial charge in [-0.2, -0.15) is 0 Å². The van der Waals surface area contributed by atoms with E-state index in [-0.39, 0.29) is 0 Å². The summed E-state index contributed by atoms with van der Waals surface area (Å²) in [6, 6.07) is 8.26. The molecule has 0 amide bonds. The van der Waals surface area contributed by atoms with Gasteiger partial charge in [-0.15, -0.1) is 12.3 Å². The third-order valence-corrected chi connectivity index (χ3v) is 1.39. The second kappa shape index (κ2) is 6.49. The Balaban J connectivity index is 0.000000561. The van der Waals surface area contributed by atoms with Gasteiger partial charge in [0.15, 0.2) is 0 Å². The summed E-state index contributed by atoms with van der Waals surface area (Å²) in [5.74, 6) is 2.61. The predicted molar refractivity (Wildman–Crippen MR) is 55.1 cm³/mol. The van der Waals surface area contributed by atoms with Crippen molar-refractivity contribution in [3.8, 4) is 12.3 Å². The molecule has 0 nitrogen and oxygen atoms in total. The molecule has 0 unspecified atom stereocenters. The summed E-state index contributed by atoms with van der Waals surface area (Å²) >= 11 is 0. The zero-order valence-electron chi connectivity index (χ0n) is 8.09. The van der Waals surface area contributed by atoms with Crippen LogP contribution in [0.2, 0.25) is 0 Å². The summed E-state index contributed by atoms with van der Waals surface area (Å²) in [7, 11) is 0. The zero-order chi connectivity index (χ0) is 9.40. The lowest BCUT2D eigenvalue weighted by atomic mass is 10.1. The van der Waals surface area contributed by atoms with Gasteiger partial charge in [-0.05, 0) is 12.5 Å². The van der Waals surface area contributed by atoms with Crippen LogP contribution in [0.3, 0.4) is 0 Å². The van der Waals surface area contributed by atoms with Crippen LogP contribution in [0, 0.1) is 19.3 Å². The van der Waals surface area contributed by atoms with Crippen LogP contribution in [0.25, 0.3) is 0 Å². The van der Waals surface area contributed by atoms with E-state index in [1.54, 1.807) is 0 Å². The molecule has 1 rings (SSSR count). The van der Waals surface area contributed by atoms with Gasteiger partial charge in [0.1, 0.15) is 0 Å². The molecule has 0 aliphatic carbocycles. The SMILES string of the molecule is C#CCc1cccc(C)c1.CC. The molecule has 0 fully saturated rings. The van der Waals surface area contributed by atoms with E-state index in [9.17, 15) is 0 Å². The van der Waals surface area contributed by atoms with E-state index in [0.717, 1.165) is 6.42 Å². The van der Waals surface area contributed by atoms with Crippen LogP contribution in [0.4, 0.5) is 0 Å². The van der Waals surface area contributed by atoms with Gasteiger partial charge in [0.25, 0.3) is 0 Å². The second-order valence-electron chi connectivity index (χ2n) is 2.37. The molecular weight excluding hydrogens is 144 g/mol. The van der Waals surface area contributed by atoms with Crippen LogP contribution >= 0.6 is 0 Å². The summed E-state index contributed by atoms with van der Waals surface area (Å²) < 4.78 is 0. The minimum Gasteiger partial charge on any atom is -0.120 e. The third kappa shape index (κ3) is 3.83. The van der Waals surface area contributed by atoms with Gasteiger partial charge in [0.2, 0.25) is 0 Å². The molecule has 0 aliphatic rings. The molecule has 1 aromatic rings. The minimum atomic E-state index is 0.738. The molecule has 0 aliphatic heterocycles. The summed E-state index contributed by atoms with van der Waals surface area (Å²) in [6.45, 7) is 6.07. The molecule has 0 bridgehead atoms. The second-order valence-corrected chi connectivity index (χ2v) is 2.37. The molecule has 0 heteroatoms. The lowest BCUT2D eigenvalue weighted by Crippen LogP contribution is -1.80. The predicted octanol–water partition coefficient (Wildman–Crippen LogP) is 3.20. The summed E-state index contributed by atoms with van der Waals surface area (Å²) in [5.41, 5.74) is 2.50. The molecular formula is C12H16. The number of hydrogen-bond donors (Lipinski definition) is 0. The van der Waals surface area contributed by atoms with E-state index >= 15 is 0 Å². The first-order valence-electron chi connectivity index (χ1n) is 4.32. The highest BCUT2D eigenvalue weighted by Crippen LogP contribution is 2.03. The molecule has 0 saturated heterocycles. The standard InChI is InChI=1S/C10H10.C2H6/c1-3-5-10-7-4-6-9(2)8-10;1-2/h1,4,6-8H,5H2,2H3;1-2H3. The Morgan fingerprint density at radius 3 is 2.50 bits per heavy atom. The molecule has 0 spiro atoms. The van der Waals surface area contributed by atoms with Crippen molar-refractivity contribution in [2.24, 2.45) is 0 Å². The summed E-state index contributed by atoms with van der Waals surface area (Å²) in [4.78, 5) is 0. The molecule has 0 radical (unpaired) electrons. The number of hydrogen-bond acceptors (Lipinski definition) is 0. The summed E-state index contributed by atoms with van der Waals surface area (Å²) in [5, 5.41) is 0. The maximum atomic E-state index is 5.16. The van der Waals surface area contributed by atoms with Gasteiger partial charge < -0.3 is 0 Å². The van der Waals surface area contributed by atoms with Crippen LogP contribution in [0.1, 0.15) is 25.0 Å². The van der Waals surface area contributed by atoms with Gasteiger partial charge in [-0.1, -0.05) is 43.7 Å². The number of rotatable bonds is 1. The highest BCUT2D eigenvalue weighted by molar-refractivity contribution is 5.24. The van der Waals surface area contributed by atoms with Crippen LogP contribution in [0.15, 0.2) is 24.3 Å². The van der Waals surface area contributed by atoms with Crippen molar-refractivity contribution >= 4 is 0 Å². The minimum absolute atomic E-state index is 0.738. The summed E-state index contributed by atoms with van der Waals surface area (Å²) in [6.07, 6.45) is 5.90. The van der Waals surface area contributed by atoms with E-state index in [0.29, 0.717) is 0 Å². The highest BCUT2D eigenvalue weighted by Gasteiger charge is 1.87. The van der Waals surface area contributed by atoms with Gasteiger partial charge in [-0.3, -0.25) is 0 Å². The third-order valence-electron chi connectivity index (χ3n) is 1.39. The first kappa shape index (κ1) is 10.8. The largest absolute Gasteiger partial charge is 0.120 e. The fraction of sp³-hybridized carbons (Fsp3) is 0.333. The Hall–Kier alpha value is -1.22. The van der Waals surface area contributed by atoms with Crippen LogP contribution in [0.5, 0.6) is 0 Å². The Bertz CT molecular complexity index is 253. The number of aryl methyl sites for hydroxylation is 1. The number of terminal acetylenes is 1. The van der Waals surface area contributed by atoms with E-state index in [2.05, 4.69) is 25.0 Å². The van der Waals surface area contributed by atoms with Crippen molar-refractivity contribution in [3.63, 3.8) is 0 Å². The molecule has 64 valence electrons. The average Bonchev–Trinajstić information content (AvgIpc) is 2.09. The first-order valence-corrected chi connectivity index (χ1v) is 4.32. The number of benzene rings is 1. The van der Waals surface area contributed by atoms with Crippen LogP contribution in [-0.2, 0) is 6.42 Å². The van der Waals surface area contributed by atoms with E-state index in [1.165, 1.54) is 11.1 Å². The lowest BCUT2D eigenvalue weighted by Gasteiger charge is -1.95. The topological polar surface area (TPSA) is 0 Å². The normalized spacial score (nSPS) is 7.83. The Morgan fingerprint density at radius 1 is 1.33 bits per heavy atom. The van der Waals surface area contributed by atoms with Crippen molar-refractivity contribution in [1.29, 1.82) is 0 Å². The van der Waals surface area contributed by atoms with Gasteiger partial charge in [-0.25, -0.2) is 0 Å². The molecule has 1 aromatic carbocycles. The van der Waals surface area contributed by atoms with Gasteiger partial charge in [0.05, 0.1) is 0 Å². The van der Waals surface area contributed by atoms with Crippen molar-refractivity contribution in [2.75, 3.05) is 0 Å². The maximum absolute atomic E-state index is 5.16. The van der Waals surface area contributed by atoms with Gasteiger partial charge in [0, 0.05) is 6.42 Å². The quantitative estimate of drug-likeness (QED) is 0.553. The molecule has 0 heterocycles. The van der Waals surface area contributed by atoms with Crippen LogP contribution < -0.4 is 0 Å². The van der Waals surface area contributed by atoms with E-state index in [4.69, 9.17) is 6.42 Å². The van der Waals surface area contributed by atoms with E-state index in [1.807, 2.05) is 26.0 Å². The first-order chi connectivity index (χ1) is 5.83. The van der Waals surface area contributed by atoms with Crippen molar-refractivity contribution in [3.05, 3.63) is 35.4 Å². The Kier molecular flexibility index (Phi) is 5.83. The fourth-order valence-electron chi connectivity index (χ4n) is 0.940. The molecule has 12 heavy (non-hydrogen) atoms. The smallest absolute Gasteiger partial charge is 0.0337 e. The molecule has 0 atom stereocenters. The van der Waals surface area contributed by atoms with Crippen LogP contribution in [-0.4, -0.2) is 0 Å². The molecule has 0 aromatic heterocycles.